The molecule has 0 radical (unpaired) electrons. The maximum absolute atomic E-state index is 12.2. The van der Waals surface area contributed by atoms with E-state index in [0.29, 0.717) is 20.9 Å². The average molecular weight is 331 g/mol. The fraction of sp³-hybridized carbons (Fsp3) is 0.231. The minimum atomic E-state index is -0.695. The lowest BCUT2D eigenvalue weighted by atomic mass is 10.3. The number of benzene rings is 1. The minimum absolute atomic E-state index is 0.212. The van der Waals surface area contributed by atoms with Gasteiger partial charge >= 0.3 is 0 Å². The molecule has 0 aliphatic carbocycles. The molecule has 1 aromatic heterocycles. The van der Waals surface area contributed by atoms with Gasteiger partial charge in [0, 0.05) is 18.6 Å². The molecule has 0 saturated carbocycles. The highest BCUT2D eigenvalue weighted by atomic mass is 35.5. The molecule has 1 amide bonds. The normalized spacial score (nSPS) is 12.0. The van der Waals surface area contributed by atoms with Crippen LogP contribution in [0.3, 0.4) is 0 Å². The molecular weight excluding hydrogens is 319 g/mol. The van der Waals surface area contributed by atoms with Gasteiger partial charge in [0.1, 0.15) is 10.8 Å². The van der Waals surface area contributed by atoms with Crippen molar-refractivity contribution in [2.24, 2.45) is 0 Å². The molecule has 1 unspecified atom stereocenters. The summed E-state index contributed by atoms with van der Waals surface area (Å²) in [6.07, 6.45) is 0.947. The van der Waals surface area contributed by atoms with E-state index in [2.05, 4.69) is 4.98 Å². The summed E-state index contributed by atoms with van der Waals surface area (Å²) in [4.78, 5) is 17.8. The molecular formula is C13H12Cl2N2O2S. The Morgan fingerprint density at radius 1 is 1.45 bits per heavy atom. The summed E-state index contributed by atoms with van der Waals surface area (Å²) in [5.41, 5.74) is 0. The van der Waals surface area contributed by atoms with Gasteiger partial charge in [0.25, 0.3) is 5.91 Å². The van der Waals surface area contributed by atoms with Crippen molar-refractivity contribution in [1.29, 1.82) is 0 Å². The number of rotatable bonds is 4. The Hall–Kier alpha value is -1.30. The van der Waals surface area contributed by atoms with Crippen LogP contribution < -0.4 is 9.64 Å². The molecule has 20 heavy (non-hydrogen) atoms. The van der Waals surface area contributed by atoms with Crippen LogP contribution in [0.25, 0.3) is 0 Å². The van der Waals surface area contributed by atoms with Crippen molar-refractivity contribution in [1.82, 2.24) is 4.98 Å². The molecule has 0 N–H and O–H groups in total. The third-order valence-electron chi connectivity index (χ3n) is 2.60. The minimum Gasteiger partial charge on any atom is -0.479 e. The predicted molar refractivity (Wildman–Crippen MR) is 82.1 cm³/mol. The third kappa shape index (κ3) is 3.23. The summed E-state index contributed by atoms with van der Waals surface area (Å²) in [5.74, 6) is 0.170. The van der Waals surface area contributed by atoms with Gasteiger partial charge in [-0.15, -0.1) is 11.3 Å². The molecule has 0 spiro atoms. The van der Waals surface area contributed by atoms with Crippen LogP contribution in [0.1, 0.15) is 6.92 Å². The van der Waals surface area contributed by atoms with Gasteiger partial charge in [-0.1, -0.05) is 29.3 Å². The highest BCUT2D eigenvalue weighted by Crippen LogP contribution is 2.32. The number of thiazole rings is 1. The van der Waals surface area contributed by atoms with Crippen LogP contribution in [0.4, 0.5) is 5.13 Å². The van der Waals surface area contributed by atoms with Crippen LogP contribution in [-0.2, 0) is 4.79 Å². The van der Waals surface area contributed by atoms with Gasteiger partial charge in [0.15, 0.2) is 11.2 Å². The fourth-order valence-electron chi connectivity index (χ4n) is 1.56. The quantitative estimate of drug-likeness (QED) is 0.854. The zero-order valence-electron chi connectivity index (χ0n) is 10.8. The number of nitrogens with zero attached hydrogens (tertiary/aromatic N) is 2. The van der Waals surface area contributed by atoms with Crippen molar-refractivity contribution in [2.45, 2.75) is 13.0 Å². The topological polar surface area (TPSA) is 42.4 Å². The number of halogens is 2. The first-order chi connectivity index (χ1) is 9.50. The van der Waals surface area contributed by atoms with E-state index in [-0.39, 0.29) is 5.91 Å². The second-order valence-corrected chi connectivity index (χ2v) is 5.68. The number of amides is 1. The van der Waals surface area contributed by atoms with Crippen LogP contribution in [0.5, 0.6) is 5.75 Å². The second kappa shape index (κ2) is 6.43. The monoisotopic (exact) mass is 330 g/mol. The largest absolute Gasteiger partial charge is 0.479 e. The fourth-order valence-corrected chi connectivity index (χ4v) is 2.51. The van der Waals surface area contributed by atoms with Crippen LogP contribution in [0.15, 0.2) is 29.8 Å². The number of likely N-dealkylation sites (N-methyl/N-ethyl adjacent to an activating group) is 1. The molecule has 7 heteroatoms. The highest BCUT2D eigenvalue weighted by molar-refractivity contribution is 7.13. The van der Waals surface area contributed by atoms with Crippen molar-refractivity contribution >= 4 is 45.6 Å². The van der Waals surface area contributed by atoms with Crippen molar-refractivity contribution in [2.75, 3.05) is 11.9 Å². The van der Waals surface area contributed by atoms with E-state index in [1.165, 1.54) is 16.2 Å². The van der Waals surface area contributed by atoms with Crippen molar-refractivity contribution in [3.63, 3.8) is 0 Å². The number of hydrogen-bond acceptors (Lipinski definition) is 4. The van der Waals surface area contributed by atoms with E-state index < -0.39 is 6.10 Å². The second-order valence-electron chi connectivity index (χ2n) is 4.02. The summed E-state index contributed by atoms with van der Waals surface area (Å²) < 4.78 is 5.58. The molecule has 0 fully saturated rings. The molecule has 0 aliphatic heterocycles. The van der Waals surface area contributed by atoms with E-state index in [0.717, 1.165) is 0 Å². The molecule has 1 atom stereocenters. The summed E-state index contributed by atoms with van der Waals surface area (Å²) in [7, 11) is 1.65. The van der Waals surface area contributed by atoms with Crippen LogP contribution in [0.2, 0.25) is 10.0 Å². The van der Waals surface area contributed by atoms with Crippen LogP contribution >= 0.6 is 34.5 Å². The Morgan fingerprint density at radius 3 is 2.85 bits per heavy atom. The average Bonchev–Trinajstić information content (AvgIpc) is 2.96. The van der Waals surface area contributed by atoms with Gasteiger partial charge in [-0.2, -0.15) is 0 Å². The molecule has 2 rings (SSSR count). The predicted octanol–water partition coefficient (Wildman–Crippen LogP) is 3.88. The lowest BCUT2D eigenvalue weighted by molar-refractivity contribution is -0.124. The Bertz CT molecular complexity index is 604. The van der Waals surface area contributed by atoms with Gasteiger partial charge in [-0.3, -0.25) is 9.69 Å². The molecule has 0 bridgehead atoms. The molecule has 1 heterocycles. The Labute approximate surface area is 130 Å². The van der Waals surface area contributed by atoms with E-state index in [4.69, 9.17) is 27.9 Å². The number of carbonyl (C=O) groups excluding carboxylic acids is 1. The molecule has 0 saturated heterocycles. The zero-order chi connectivity index (χ0) is 14.7. The van der Waals surface area contributed by atoms with Crippen molar-refractivity contribution < 1.29 is 9.53 Å². The number of aromatic nitrogens is 1. The van der Waals surface area contributed by atoms with E-state index in [1.54, 1.807) is 43.7 Å². The third-order valence-corrected chi connectivity index (χ3v) is 4.25. The molecule has 0 aliphatic rings. The van der Waals surface area contributed by atoms with E-state index >= 15 is 0 Å². The first-order valence-electron chi connectivity index (χ1n) is 5.78. The van der Waals surface area contributed by atoms with Gasteiger partial charge in [-0.25, -0.2) is 4.98 Å². The van der Waals surface area contributed by atoms with Crippen molar-refractivity contribution in [3.8, 4) is 5.75 Å². The van der Waals surface area contributed by atoms with E-state index in [9.17, 15) is 4.79 Å². The zero-order valence-corrected chi connectivity index (χ0v) is 13.2. The SMILES string of the molecule is CC(Oc1cccc(Cl)c1Cl)C(=O)N(C)c1nccs1. The molecule has 2 aromatic rings. The number of ether oxygens (including phenoxy) is 1. The molecule has 1 aromatic carbocycles. The van der Waals surface area contributed by atoms with Crippen molar-refractivity contribution in [3.05, 3.63) is 39.8 Å². The molecule has 106 valence electrons. The van der Waals surface area contributed by atoms with Crippen LogP contribution in [-0.4, -0.2) is 24.0 Å². The van der Waals surface area contributed by atoms with Gasteiger partial charge in [0.2, 0.25) is 0 Å². The van der Waals surface area contributed by atoms with Crippen LogP contribution in [0, 0.1) is 0 Å². The van der Waals surface area contributed by atoms with E-state index in [1.807, 2.05) is 0 Å². The summed E-state index contributed by atoms with van der Waals surface area (Å²) in [6.45, 7) is 1.66. The van der Waals surface area contributed by atoms with Gasteiger partial charge in [-0.05, 0) is 19.1 Å². The Kier molecular flexibility index (Phi) is 4.86. The number of carbonyl (C=O) groups is 1. The first-order valence-corrected chi connectivity index (χ1v) is 7.42. The number of anilines is 1. The summed E-state index contributed by atoms with van der Waals surface area (Å²) >= 11 is 13.3. The van der Waals surface area contributed by atoms with Gasteiger partial charge < -0.3 is 4.74 Å². The first kappa shape index (κ1) is 15.1. The Balaban J connectivity index is 2.10. The molecule has 4 nitrogen and oxygen atoms in total. The smallest absolute Gasteiger partial charge is 0.269 e. The standard InChI is InChI=1S/C13H12Cl2N2O2S/c1-8(12(18)17(2)13-16-6-7-20-13)19-10-5-3-4-9(14)11(10)15/h3-8H,1-2H3. The number of hydrogen-bond donors (Lipinski definition) is 0. The lowest BCUT2D eigenvalue weighted by Gasteiger charge is -2.20. The summed E-state index contributed by atoms with van der Waals surface area (Å²) in [6, 6.07) is 5.04. The summed E-state index contributed by atoms with van der Waals surface area (Å²) in [5, 5.41) is 3.10. The lowest BCUT2D eigenvalue weighted by Crippen LogP contribution is -2.38. The maximum atomic E-state index is 12.2. The maximum Gasteiger partial charge on any atom is 0.269 e. The van der Waals surface area contributed by atoms with Gasteiger partial charge in [0.05, 0.1) is 5.02 Å². The highest BCUT2D eigenvalue weighted by Gasteiger charge is 2.22. The Morgan fingerprint density at radius 2 is 2.20 bits per heavy atom.